The number of hydrogen-bond donors (Lipinski definition) is 3. The maximum atomic E-state index is 14.4. The molecule has 2 aliphatic rings. The zero-order valence-electron chi connectivity index (χ0n) is 21.2. The van der Waals surface area contributed by atoms with Crippen molar-refractivity contribution in [2.24, 2.45) is 11.8 Å². The van der Waals surface area contributed by atoms with E-state index in [-0.39, 0.29) is 17.3 Å². The molecule has 0 bridgehead atoms. The molecule has 3 rings (SSSR count). The van der Waals surface area contributed by atoms with E-state index in [4.69, 9.17) is 4.74 Å². The summed E-state index contributed by atoms with van der Waals surface area (Å²) in [5.74, 6) is -1.13. The quantitative estimate of drug-likeness (QED) is 0.473. The number of amides is 4. The lowest BCUT2D eigenvalue weighted by atomic mass is 9.79. The van der Waals surface area contributed by atoms with E-state index >= 15 is 0 Å². The van der Waals surface area contributed by atoms with Gasteiger partial charge < -0.3 is 25.6 Å². The monoisotopic (exact) mass is 531 g/mol. The Kier molecular flexibility index (Phi) is 8.53. The van der Waals surface area contributed by atoms with Gasteiger partial charge in [-0.2, -0.15) is 13.2 Å². The largest absolute Gasteiger partial charge is 0.444 e. The molecule has 206 valence electrons. The van der Waals surface area contributed by atoms with E-state index in [2.05, 4.69) is 22.5 Å². The van der Waals surface area contributed by atoms with Crippen LogP contribution in [0.1, 0.15) is 58.9 Å². The molecule has 1 saturated heterocycles. The molecule has 0 aromatic carbocycles. The van der Waals surface area contributed by atoms with Gasteiger partial charge in [-0.3, -0.25) is 4.79 Å². The molecule has 1 aliphatic carbocycles. The molecule has 37 heavy (non-hydrogen) atoms. The molecule has 1 aromatic heterocycles. The van der Waals surface area contributed by atoms with Gasteiger partial charge >= 0.3 is 18.3 Å². The molecular weight excluding hydrogens is 498 g/mol. The summed E-state index contributed by atoms with van der Waals surface area (Å²) in [7, 11) is 0. The number of carbonyl (C=O) groups is 3. The van der Waals surface area contributed by atoms with Crippen LogP contribution in [0.25, 0.3) is 0 Å². The van der Waals surface area contributed by atoms with Crippen molar-refractivity contribution in [1.82, 2.24) is 20.5 Å². The number of aromatic nitrogens is 1. The normalized spacial score (nSPS) is 23.3. The van der Waals surface area contributed by atoms with E-state index in [9.17, 15) is 31.9 Å². The number of anilines is 1. The van der Waals surface area contributed by atoms with Crippen LogP contribution in [0, 0.1) is 17.7 Å². The first-order valence-electron chi connectivity index (χ1n) is 12.2. The summed E-state index contributed by atoms with van der Waals surface area (Å²) < 4.78 is 58.6. The van der Waals surface area contributed by atoms with Crippen LogP contribution in [-0.2, 0) is 16.1 Å². The van der Waals surface area contributed by atoms with Crippen molar-refractivity contribution in [3.63, 3.8) is 0 Å². The number of halogens is 4. The minimum Gasteiger partial charge on any atom is -0.444 e. The fraction of sp³-hybridized carbons (Fsp3) is 0.667. The SMILES string of the molecule is CC1CCC([C@H](NC(=O)OC(C)(C)C)C(=O)Nc2cc(CN3C[C@@H](C(F)(F)F)NC3=O)c(F)cn2)CC1. The smallest absolute Gasteiger partial charge is 0.410 e. The average molecular weight is 532 g/mol. The van der Waals surface area contributed by atoms with E-state index in [1.54, 1.807) is 20.8 Å². The van der Waals surface area contributed by atoms with Gasteiger partial charge in [0.2, 0.25) is 5.91 Å². The molecule has 2 heterocycles. The second kappa shape index (κ2) is 11.1. The molecule has 2 atom stereocenters. The zero-order chi connectivity index (χ0) is 27.5. The van der Waals surface area contributed by atoms with E-state index in [0.29, 0.717) is 18.8 Å². The first kappa shape index (κ1) is 28.5. The number of nitrogens with one attached hydrogen (secondary N) is 3. The summed E-state index contributed by atoms with van der Waals surface area (Å²) in [4.78, 5) is 42.3. The first-order chi connectivity index (χ1) is 17.1. The van der Waals surface area contributed by atoms with Crippen molar-refractivity contribution in [2.45, 2.75) is 83.8 Å². The van der Waals surface area contributed by atoms with Crippen molar-refractivity contribution in [3.05, 3.63) is 23.6 Å². The Morgan fingerprint density at radius 3 is 2.43 bits per heavy atom. The number of rotatable bonds is 6. The molecular formula is C24H33F4N5O4. The number of pyridine rings is 1. The summed E-state index contributed by atoms with van der Waals surface area (Å²) in [6.45, 7) is 6.10. The molecule has 0 radical (unpaired) electrons. The van der Waals surface area contributed by atoms with Crippen molar-refractivity contribution in [2.75, 3.05) is 11.9 Å². The Labute approximate surface area is 212 Å². The minimum absolute atomic E-state index is 0.0615. The van der Waals surface area contributed by atoms with Gasteiger partial charge in [-0.15, -0.1) is 0 Å². The van der Waals surface area contributed by atoms with E-state index < -0.39 is 60.8 Å². The van der Waals surface area contributed by atoms with Gasteiger partial charge in [0, 0.05) is 5.56 Å². The van der Waals surface area contributed by atoms with Gasteiger partial charge in [0.25, 0.3) is 0 Å². The summed E-state index contributed by atoms with van der Waals surface area (Å²) in [5.41, 5.74) is -0.890. The third-order valence-corrected chi connectivity index (χ3v) is 6.42. The minimum atomic E-state index is -4.63. The van der Waals surface area contributed by atoms with Crippen LogP contribution in [0.5, 0.6) is 0 Å². The lowest BCUT2D eigenvalue weighted by Gasteiger charge is -2.32. The van der Waals surface area contributed by atoms with Crippen LogP contribution >= 0.6 is 0 Å². The molecule has 1 aromatic rings. The Morgan fingerprint density at radius 1 is 1.22 bits per heavy atom. The van der Waals surface area contributed by atoms with Crippen LogP contribution in [0.3, 0.4) is 0 Å². The summed E-state index contributed by atoms with van der Waals surface area (Å²) in [6.07, 6.45) is -1.37. The van der Waals surface area contributed by atoms with Crippen LogP contribution in [0.4, 0.5) is 33.0 Å². The maximum absolute atomic E-state index is 14.4. The number of carbonyl (C=O) groups excluding carboxylic acids is 3. The predicted octanol–water partition coefficient (Wildman–Crippen LogP) is 4.33. The Hall–Kier alpha value is -3.12. The predicted molar refractivity (Wildman–Crippen MR) is 126 cm³/mol. The summed E-state index contributed by atoms with van der Waals surface area (Å²) in [6, 6.07) is -2.80. The first-order valence-corrected chi connectivity index (χ1v) is 12.2. The number of alkyl carbamates (subject to hydrolysis) is 1. The highest BCUT2D eigenvalue weighted by atomic mass is 19.4. The number of urea groups is 1. The second-order valence-corrected chi connectivity index (χ2v) is 10.7. The molecule has 9 nitrogen and oxygen atoms in total. The fourth-order valence-electron chi connectivity index (χ4n) is 4.44. The molecule has 3 N–H and O–H groups in total. The van der Waals surface area contributed by atoms with E-state index in [0.717, 1.165) is 30.0 Å². The lowest BCUT2D eigenvalue weighted by molar-refractivity contribution is -0.149. The highest BCUT2D eigenvalue weighted by Crippen LogP contribution is 2.31. The standard InChI is InChI=1S/C24H33F4N5O4/c1-13-5-7-14(8-6-13)19(32-22(36)37-23(2,3)4)20(34)31-18-9-15(16(25)10-29-18)11-33-12-17(24(26,27)28)30-21(33)35/h9-10,13-14,17,19H,5-8,11-12H2,1-4H3,(H,30,35)(H,32,36)(H,29,31,34)/t13?,14?,17-,19-/m0/s1. The average Bonchev–Trinajstić information content (AvgIpc) is 3.14. The summed E-state index contributed by atoms with van der Waals surface area (Å²) in [5, 5.41) is 7.04. The fourth-order valence-corrected chi connectivity index (χ4v) is 4.44. The maximum Gasteiger partial charge on any atom is 0.410 e. The van der Waals surface area contributed by atoms with Gasteiger partial charge in [-0.25, -0.2) is 19.0 Å². The molecule has 1 saturated carbocycles. The van der Waals surface area contributed by atoms with Gasteiger partial charge in [-0.1, -0.05) is 19.8 Å². The third-order valence-electron chi connectivity index (χ3n) is 6.42. The van der Waals surface area contributed by atoms with E-state index in [1.807, 2.05) is 5.32 Å². The van der Waals surface area contributed by atoms with Crippen LogP contribution in [-0.4, -0.2) is 58.3 Å². The van der Waals surface area contributed by atoms with Crippen LogP contribution in [0.15, 0.2) is 12.3 Å². The molecule has 0 spiro atoms. The molecule has 1 aliphatic heterocycles. The summed E-state index contributed by atoms with van der Waals surface area (Å²) >= 11 is 0. The van der Waals surface area contributed by atoms with Crippen molar-refractivity contribution in [3.8, 4) is 0 Å². The Morgan fingerprint density at radius 2 is 1.86 bits per heavy atom. The van der Waals surface area contributed by atoms with Crippen molar-refractivity contribution < 1.29 is 36.7 Å². The topological polar surface area (TPSA) is 113 Å². The highest BCUT2D eigenvalue weighted by molar-refractivity contribution is 5.96. The number of ether oxygens (including phenoxy) is 1. The molecule has 4 amide bonds. The van der Waals surface area contributed by atoms with Crippen molar-refractivity contribution >= 4 is 23.8 Å². The number of nitrogens with zero attached hydrogens (tertiary/aromatic N) is 2. The second-order valence-electron chi connectivity index (χ2n) is 10.7. The van der Waals surface area contributed by atoms with Gasteiger partial charge in [0.05, 0.1) is 19.3 Å². The lowest BCUT2D eigenvalue weighted by Crippen LogP contribution is -2.50. The molecule has 0 unspecified atom stereocenters. The van der Waals surface area contributed by atoms with Crippen LogP contribution < -0.4 is 16.0 Å². The number of alkyl halides is 3. The third kappa shape index (κ3) is 7.93. The Balaban J connectivity index is 1.73. The van der Waals surface area contributed by atoms with Crippen LogP contribution in [0.2, 0.25) is 0 Å². The Bertz CT molecular complexity index is 1010. The molecule has 13 heteroatoms. The highest BCUT2D eigenvalue weighted by Gasteiger charge is 2.47. The van der Waals surface area contributed by atoms with Gasteiger partial charge in [-0.05, 0) is 51.5 Å². The van der Waals surface area contributed by atoms with Crippen molar-refractivity contribution in [1.29, 1.82) is 0 Å². The van der Waals surface area contributed by atoms with Gasteiger partial charge in [0.1, 0.15) is 29.3 Å². The van der Waals surface area contributed by atoms with E-state index in [1.165, 1.54) is 0 Å². The molecule has 2 fully saturated rings. The zero-order valence-corrected chi connectivity index (χ0v) is 21.2. The van der Waals surface area contributed by atoms with Gasteiger partial charge in [0.15, 0.2) is 0 Å². The number of hydrogen-bond acceptors (Lipinski definition) is 5.